The second-order valence-corrected chi connectivity index (χ2v) is 6.46. The van der Waals surface area contributed by atoms with Gasteiger partial charge in [-0.2, -0.15) is 18.2 Å². The van der Waals surface area contributed by atoms with Gasteiger partial charge < -0.3 is 9.84 Å². The van der Waals surface area contributed by atoms with Gasteiger partial charge in [-0.25, -0.2) is 12.1 Å². The number of benzene rings is 2. The first-order chi connectivity index (χ1) is 13.3. The van der Waals surface area contributed by atoms with E-state index in [1.165, 1.54) is 22.3 Å². The summed E-state index contributed by atoms with van der Waals surface area (Å²) >= 11 is 0. The average Bonchev–Trinajstić information content (AvgIpc) is 3.49. The molecule has 3 aromatic rings. The molecule has 5 rings (SSSR count). The van der Waals surface area contributed by atoms with Gasteiger partial charge in [0.2, 0.25) is 0 Å². The van der Waals surface area contributed by atoms with Crippen LogP contribution in [0.1, 0.15) is 17.0 Å². The fourth-order valence-electron chi connectivity index (χ4n) is 3.51. The molecular weight excluding hydrogens is 388 g/mol. The van der Waals surface area contributed by atoms with Crippen molar-refractivity contribution in [1.29, 1.82) is 0 Å². The number of allylic oxidation sites excluding steroid dienone is 5. The van der Waals surface area contributed by atoms with E-state index in [-0.39, 0.29) is 28.9 Å². The summed E-state index contributed by atoms with van der Waals surface area (Å²) in [6, 6.07) is 26.7. The first-order valence-electron chi connectivity index (χ1n) is 9.08. The minimum absolute atomic E-state index is 0. The molecule has 0 spiro atoms. The van der Waals surface area contributed by atoms with Crippen molar-refractivity contribution in [3.63, 3.8) is 0 Å². The number of ether oxygens (including phenoxy) is 1. The zero-order valence-corrected chi connectivity index (χ0v) is 16.4. The molecule has 0 aliphatic heterocycles. The summed E-state index contributed by atoms with van der Waals surface area (Å²) in [6.45, 7) is 0.373. The maximum absolute atomic E-state index is 12.1. The van der Waals surface area contributed by atoms with Crippen LogP contribution in [-0.4, -0.2) is 6.61 Å². The maximum atomic E-state index is 12.1. The van der Waals surface area contributed by atoms with Crippen LogP contribution in [0.3, 0.4) is 0 Å². The van der Waals surface area contributed by atoms with Gasteiger partial charge in [-0.1, -0.05) is 72.8 Å². The second kappa shape index (κ2) is 9.36. The smallest absolute Gasteiger partial charge is 0.612 e. The van der Waals surface area contributed by atoms with E-state index >= 15 is 0 Å². The Morgan fingerprint density at radius 3 is 1.86 bits per heavy atom. The number of rotatable bonds is 3. The topological polar surface area (TPSA) is 32.3 Å². The maximum Gasteiger partial charge on any atom is 2.00 e. The van der Waals surface area contributed by atoms with E-state index in [9.17, 15) is 5.11 Å². The first-order valence-corrected chi connectivity index (χ1v) is 9.08. The molecule has 3 heteroatoms. The number of fused-ring (bicyclic) bond motifs is 3. The molecule has 0 aromatic heterocycles. The molecule has 0 heterocycles. The second-order valence-electron chi connectivity index (χ2n) is 6.46. The molecule has 0 bridgehead atoms. The van der Waals surface area contributed by atoms with Crippen LogP contribution in [0.4, 0.5) is 0 Å². The minimum atomic E-state index is -0.258. The molecule has 2 aliphatic rings. The van der Waals surface area contributed by atoms with E-state index in [0.29, 0.717) is 12.2 Å². The molecule has 2 aliphatic carbocycles. The summed E-state index contributed by atoms with van der Waals surface area (Å²) in [5.41, 5.74) is 5.57. The Hall–Kier alpha value is -2.87. The molecule has 0 saturated heterocycles. The van der Waals surface area contributed by atoms with Gasteiger partial charge in [-0.05, 0) is 27.8 Å². The van der Waals surface area contributed by atoms with Crippen LogP contribution in [0.25, 0.3) is 11.1 Å². The zero-order chi connectivity index (χ0) is 18.5. The number of hydrogen-bond donors (Lipinski definition) is 0. The standard InChI is InChI=1S/C20H16O2.C5H5.Fe/c21-20(14-7-1-2-8-14)22-13-19-17-11-5-3-9-15(17)16-10-4-6-12-18(16)19;1-2-4-5-3-1;/h1-12,19,21H,13H2;1-5H;/q;-1;+2/p-1. The predicted molar refractivity (Wildman–Crippen MR) is 107 cm³/mol. The van der Waals surface area contributed by atoms with E-state index < -0.39 is 0 Å². The van der Waals surface area contributed by atoms with E-state index in [1.807, 2.05) is 66.7 Å². The fourth-order valence-corrected chi connectivity index (χ4v) is 3.51. The van der Waals surface area contributed by atoms with Gasteiger partial charge >= 0.3 is 17.1 Å². The Morgan fingerprint density at radius 2 is 1.36 bits per heavy atom. The largest absolute Gasteiger partial charge is 2.00 e. The van der Waals surface area contributed by atoms with Gasteiger partial charge in [0.05, 0.1) is 5.95 Å². The van der Waals surface area contributed by atoms with Gasteiger partial charge in [-0.15, -0.1) is 0 Å². The molecule has 0 unspecified atom stereocenters. The van der Waals surface area contributed by atoms with Crippen molar-refractivity contribution in [2.45, 2.75) is 5.92 Å². The van der Waals surface area contributed by atoms with Crippen molar-refractivity contribution in [1.82, 2.24) is 0 Å². The summed E-state index contributed by atoms with van der Waals surface area (Å²) in [4.78, 5) is 0. The summed E-state index contributed by atoms with van der Waals surface area (Å²) in [5.74, 6) is -0.141. The summed E-state index contributed by atoms with van der Waals surface area (Å²) < 4.78 is 5.55. The van der Waals surface area contributed by atoms with Crippen LogP contribution in [-0.2, 0) is 21.8 Å². The molecule has 140 valence electrons. The minimum Gasteiger partial charge on any atom is -0.612 e. The first kappa shape index (κ1) is 19.9. The molecule has 3 aromatic carbocycles. The van der Waals surface area contributed by atoms with Crippen LogP contribution in [0.5, 0.6) is 0 Å². The molecular formula is C25H20FeO2. The predicted octanol–water partition coefficient (Wildman–Crippen LogP) is 4.92. The number of hydrogen-bond acceptors (Lipinski definition) is 2. The van der Waals surface area contributed by atoms with Gasteiger partial charge in [0.15, 0.2) is 0 Å². The van der Waals surface area contributed by atoms with E-state index in [1.54, 1.807) is 12.2 Å². The van der Waals surface area contributed by atoms with Crippen molar-refractivity contribution in [2.24, 2.45) is 0 Å². The third kappa shape index (κ3) is 4.17. The van der Waals surface area contributed by atoms with Crippen LogP contribution in [0.15, 0.2) is 115 Å². The fraction of sp³-hybridized carbons (Fsp3) is 0.0800. The molecule has 0 fully saturated rings. The molecule has 0 N–H and O–H groups in total. The third-order valence-electron chi connectivity index (χ3n) is 4.80. The molecule has 0 radical (unpaired) electrons. The summed E-state index contributed by atoms with van der Waals surface area (Å²) in [7, 11) is 0. The molecule has 28 heavy (non-hydrogen) atoms. The van der Waals surface area contributed by atoms with Gasteiger partial charge in [-0.3, -0.25) is 0 Å². The molecule has 0 amide bonds. The van der Waals surface area contributed by atoms with Crippen molar-refractivity contribution < 1.29 is 26.9 Å². The normalized spacial score (nSPS) is 13.2. The van der Waals surface area contributed by atoms with Gasteiger partial charge in [0, 0.05) is 12.5 Å². The van der Waals surface area contributed by atoms with Crippen LogP contribution in [0, 0.1) is 0 Å². The SMILES string of the molecule is [Fe+2].[O-]C(OCC1c2ccccc2-c2ccccc21)=C1C=CC=C1.c1cc[cH-]c1. The van der Waals surface area contributed by atoms with Gasteiger partial charge in [0.25, 0.3) is 0 Å². The Kier molecular flexibility index (Phi) is 6.65. The molecule has 2 nitrogen and oxygen atoms in total. The third-order valence-corrected chi connectivity index (χ3v) is 4.80. The monoisotopic (exact) mass is 408 g/mol. The quantitative estimate of drug-likeness (QED) is 0.350. The summed E-state index contributed by atoms with van der Waals surface area (Å²) in [6.07, 6.45) is 7.24. The Balaban J connectivity index is 0.000000329. The zero-order valence-electron chi connectivity index (χ0n) is 15.3. The van der Waals surface area contributed by atoms with E-state index in [0.717, 1.165) is 0 Å². The summed E-state index contributed by atoms with van der Waals surface area (Å²) in [5, 5.41) is 12.1. The molecule has 0 atom stereocenters. The van der Waals surface area contributed by atoms with Crippen LogP contribution < -0.4 is 5.11 Å². The van der Waals surface area contributed by atoms with Crippen LogP contribution >= 0.6 is 0 Å². The van der Waals surface area contributed by atoms with Crippen LogP contribution in [0.2, 0.25) is 0 Å². The van der Waals surface area contributed by atoms with Gasteiger partial charge in [0.1, 0.15) is 0 Å². The Labute approximate surface area is 176 Å². The van der Waals surface area contributed by atoms with Crippen molar-refractivity contribution in [2.75, 3.05) is 6.61 Å². The van der Waals surface area contributed by atoms with E-state index in [2.05, 4.69) is 24.3 Å². The van der Waals surface area contributed by atoms with Crippen molar-refractivity contribution >= 4 is 0 Å². The van der Waals surface area contributed by atoms with Crippen molar-refractivity contribution in [3.8, 4) is 11.1 Å². The average molecular weight is 408 g/mol. The Bertz CT molecular complexity index is 920. The van der Waals surface area contributed by atoms with Crippen molar-refractivity contribution in [3.05, 3.63) is 126 Å². The van der Waals surface area contributed by atoms with E-state index in [4.69, 9.17) is 4.74 Å². The Morgan fingerprint density at radius 1 is 0.821 bits per heavy atom. The molecule has 0 saturated carbocycles.